The van der Waals surface area contributed by atoms with Crippen LogP contribution in [-0.4, -0.2) is 57.1 Å². The van der Waals surface area contributed by atoms with Gasteiger partial charge in [-0.3, -0.25) is 14.2 Å². The Labute approximate surface area is 216 Å². The highest BCUT2D eigenvalue weighted by atomic mass is 35.5. The Morgan fingerprint density at radius 3 is 2.78 bits per heavy atom. The number of halogens is 1. The molecular formula is C27H34ClN5O3. The highest BCUT2D eigenvalue weighted by Crippen LogP contribution is 2.24. The minimum Gasteiger partial charge on any atom is -0.492 e. The molecule has 0 bridgehead atoms. The summed E-state index contributed by atoms with van der Waals surface area (Å²) in [5, 5.41) is 3.66. The number of rotatable bonds is 8. The summed E-state index contributed by atoms with van der Waals surface area (Å²) in [6.45, 7) is 10.7. The summed E-state index contributed by atoms with van der Waals surface area (Å²) >= 11 is 6.20. The molecule has 0 aliphatic carbocycles. The molecule has 36 heavy (non-hydrogen) atoms. The first kappa shape index (κ1) is 26.1. The molecule has 0 radical (unpaired) electrons. The maximum atomic E-state index is 13.6. The Balaban J connectivity index is 1.66. The van der Waals surface area contributed by atoms with Crippen LogP contribution in [0.4, 0.5) is 0 Å². The lowest BCUT2D eigenvalue weighted by Crippen LogP contribution is -2.41. The smallest absolute Gasteiger partial charge is 0.263 e. The third-order valence-electron chi connectivity index (χ3n) is 6.39. The molecule has 9 heteroatoms. The van der Waals surface area contributed by atoms with E-state index in [1.54, 1.807) is 36.5 Å². The third kappa shape index (κ3) is 6.23. The Hall–Kier alpha value is -2.97. The number of likely N-dealkylation sites (tertiary alicyclic amines) is 1. The van der Waals surface area contributed by atoms with Gasteiger partial charge in [0.2, 0.25) is 5.91 Å². The lowest BCUT2D eigenvalue weighted by Gasteiger charge is -2.35. The molecule has 192 valence electrons. The average molecular weight is 512 g/mol. The van der Waals surface area contributed by atoms with Crippen LogP contribution in [0.15, 0.2) is 41.3 Å². The highest BCUT2D eigenvalue weighted by Gasteiger charge is 2.23. The van der Waals surface area contributed by atoms with E-state index in [9.17, 15) is 9.59 Å². The van der Waals surface area contributed by atoms with Gasteiger partial charge in [-0.15, -0.1) is 0 Å². The summed E-state index contributed by atoms with van der Waals surface area (Å²) in [4.78, 5) is 37.8. The first-order valence-corrected chi connectivity index (χ1v) is 12.9. The molecule has 1 aromatic carbocycles. The number of amides is 1. The predicted molar refractivity (Wildman–Crippen MR) is 142 cm³/mol. The quantitative estimate of drug-likeness (QED) is 0.489. The summed E-state index contributed by atoms with van der Waals surface area (Å²) in [6, 6.07) is 9.19. The molecule has 2 aromatic heterocycles. The fourth-order valence-corrected chi connectivity index (χ4v) is 4.78. The monoisotopic (exact) mass is 511 g/mol. The van der Waals surface area contributed by atoms with Crippen LogP contribution in [0.3, 0.4) is 0 Å². The minimum atomic E-state index is -0.351. The topological polar surface area (TPSA) is 89.3 Å². The van der Waals surface area contributed by atoms with Gasteiger partial charge in [-0.25, -0.2) is 9.97 Å². The SMILES string of the molecule is CC(C)NC(=O)Cn1c(-c2cccc(Cl)c2)nc2ncc(OCC3CCCN(C(C)C)C3)cc2c1=O. The second-order valence-corrected chi connectivity index (χ2v) is 10.4. The van der Waals surface area contributed by atoms with Gasteiger partial charge >= 0.3 is 0 Å². The molecule has 0 spiro atoms. The Morgan fingerprint density at radius 2 is 2.06 bits per heavy atom. The first-order chi connectivity index (χ1) is 17.2. The largest absolute Gasteiger partial charge is 0.492 e. The van der Waals surface area contributed by atoms with Crippen molar-refractivity contribution in [1.29, 1.82) is 0 Å². The van der Waals surface area contributed by atoms with Gasteiger partial charge in [0.05, 0.1) is 18.2 Å². The van der Waals surface area contributed by atoms with Crippen molar-refractivity contribution in [3.63, 3.8) is 0 Å². The van der Waals surface area contributed by atoms with Gasteiger partial charge in [0, 0.05) is 35.1 Å². The lowest BCUT2D eigenvalue weighted by molar-refractivity contribution is -0.122. The van der Waals surface area contributed by atoms with Crippen LogP contribution in [-0.2, 0) is 11.3 Å². The lowest BCUT2D eigenvalue weighted by atomic mass is 9.98. The van der Waals surface area contributed by atoms with Crippen LogP contribution in [0.5, 0.6) is 5.75 Å². The second kappa shape index (κ2) is 11.4. The zero-order valence-electron chi connectivity index (χ0n) is 21.3. The van der Waals surface area contributed by atoms with Gasteiger partial charge in [0.25, 0.3) is 5.56 Å². The van der Waals surface area contributed by atoms with Crippen molar-refractivity contribution < 1.29 is 9.53 Å². The number of nitrogens with one attached hydrogen (secondary N) is 1. The zero-order valence-corrected chi connectivity index (χ0v) is 22.1. The third-order valence-corrected chi connectivity index (χ3v) is 6.62. The van der Waals surface area contributed by atoms with E-state index in [1.165, 1.54) is 4.57 Å². The predicted octanol–water partition coefficient (Wildman–Crippen LogP) is 4.14. The number of piperidine rings is 1. The van der Waals surface area contributed by atoms with Crippen LogP contribution in [0.2, 0.25) is 5.02 Å². The molecule has 1 unspecified atom stereocenters. The maximum Gasteiger partial charge on any atom is 0.263 e. The number of aromatic nitrogens is 3. The summed E-state index contributed by atoms with van der Waals surface area (Å²) in [5.74, 6) is 1.02. The van der Waals surface area contributed by atoms with E-state index >= 15 is 0 Å². The minimum absolute atomic E-state index is 0.0516. The van der Waals surface area contributed by atoms with E-state index in [0.717, 1.165) is 25.9 Å². The average Bonchev–Trinajstić information content (AvgIpc) is 2.84. The molecule has 1 saturated heterocycles. The number of fused-ring (bicyclic) bond motifs is 1. The molecular weight excluding hydrogens is 478 g/mol. The van der Waals surface area contributed by atoms with E-state index < -0.39 is 0 Å². The van der Waals surface area contributed by atoms with E-state index in [4.69, 9.17) is 16.3 Å². The maximum absolute atomic E-state index is 13.6. The summed E-state index contributed by atoms with van der Waals surface area (Å²) in [7, 11) is 0. The number of benzene rings is 1. The molecule has 3 heterocycles. The Bertz CT molecular complexity index is 1290. The van der Waals surface area contributed by atoms with Crippen LogP contribution in [0.1, 0.15) is 40.5 Å². The summed E-state index contributed by atoms with van der Waals surface area (Å²) in [5.41, 5.74) is 0.579. The molecule has 3 aromatic rings. The molecule has 8 nitrogen and oxygen atoms in total. The summed E-state index contributed by atoms with van der Waals surface area (Å²) in [6.07, 6.45) is 3.88. The normalized spacial score (nSPS) is 16.6. The number of hydrogen-bond acceptors (Lipinski definition) is 6. The number of carbonyl (C=O) groups excluding carboxylic acids is 1. The second-order valence-electron chi connectivity index (χ2n) is 10.0. The van der Waals surface area contributed by atoms with Crippen LogP contribution in [0.25, 0.3) is 22.4 Å². The molecule has 1 aliphatic rings. The molecule has 1 atom stereocenters. The van der Waals surface area contributed by atoms with Gasteiger partial charge in [0.1, 0.15) is 18.1 Å². The van der Waals surface area contributed by atoms with Gasteiger partial charge in [0.15, 0.2) is 5.65 Å². The number of nitrogens with zero attached hydrogens (tertiary/aromatic N) is 4. The Morgan fingerprint density at radius 1 is 1.25 bits per heavy atom. The van der Waals surface area contributed by atoms with E-state index in [2.05, 4.69) is 34.0 Å². The van der Waals surface area contributed by atoms with Gasteiger partial charge in [-0.2, -0.15) is 0 Å². The van der Waals surface area contributed by atoms with E-state index in [0.29, 0.717) is 51.8 Å². The summed E-state index contributed by atoms with van der Waals surface area (Å²) < 4.78 is 7.45. The number of hydrogen-bond donors (Lipinski definition) is 1. The number of pyridine rings is 1. The molecule has 4 rings (SSSR count). The van der Waals surface area contributed by atoms with Crippen molar-refractivity contribution >= 4 is 28.5 Å². The van der Waals surface area contributed by atoms with Gasteiger partial charge in [-0.05, 0) is 65.3 Å². The van der Waals surface area contributed by atoms with Crippen molar-refractivity contribution in [1.82, 2.24) is 24.8 Å². The van der Waals surface area contributed by atoms with Crippen LogP contribution >= 0.6 is 11.6 Å². The molecule has 1 amide bonds. The van der Waals surface area contributed by atoms with Gasteiger partial charge < -0.3 is 15.0 Å². The van der Waals surface area contributed by atoms with Crippen LogP contribution < -0.4 is 15.6 Å². The van der Waals surface area contributed by atoms with Crippen molar-refractivity contribution in [2.45, 2.75) is 59.2 Å². The zero-order chi connectivity index (χ0) is 25.8. The van der Waals surface area contributed by atoms with Crippen molar-refractivity contribution in [2.24, 2.45) is 5.92 Å². The molecule has 0 saturated carbocycles. The van der Waals surface area contributed by atoms with Crippen molar-refractivity contribution in [3.8, 4) is 17.1 Å². The standard InChI is InChI=1S/C27H34ClN5O3/c1-17(2)30-24(34)15-33-26(20-8-5-9-21(28)11-20)31-25-23(27(33)35)12-22(13-29-25)36-16-19-7-6-10-32(14-19)18(3)4/h5,8-9,11-13,17-19H,6-7,10,14-16H2,1-4H3,(H,30,34). The van der Waals surface area contributed by atoms with Crippen LogP contribution in [0, 0.1) is 5.92 Å². The number of ether oxygens (including phenoxy) is 1. The number of carbonyl (C=O) groups is 1. The fourth-order valence-electron chi connectivity index (χ4n) is 4.59. The molecule has 1 N–H and O–H groups in total. The van der Waals surface area contributed by atoms with Crippen molar-refractivity contribution in [3.05, 3.63) is 51.9 Å². The highest BCUT2D eigenvalue weighted by molar-refractivity contribution is 6.30. The van der Waals surface area contributed by atoms with Crippen molar-refractivity contribution in [2.75, 3.05) is 19.7 Å². The fraction of sp³-hybridized carbons (Fsp3) is 0.481. The first-order valence-electron chi connectivity index (χ1n) is 12.5. The Kier molecular flexibility index (Phi) is 8.26. The van der Waals surface area contributed by atoms with E-state index in [-0.39, 0.29) is 24.1 Å². The molecule has 1 aliphatic heterocycles. The van der Waals surface area contributed by atoms with Gasteiger partial charge in [-0.1, -0.05) is 23.7 Å². The van der Waals surface area contributed by atoms with E-state index in [1.807, 2.05) is 13.8 Å². The molecule has 1 fully saturated rings.